The van der Waals surface area contributed by atoms with Gasteiger partial charge in [0.15, 0.2) is 6.29 Å². The fraction of sp³-hybridized carbons (Fsp3) is 0.250. The topological polar surface area (TPSA) is 34.4 Å². The summed E-state index contributed by atoms with van der Waals surface area (Å²) in [5, 5.41) is 0. The van der Waals surface area contributed by atoms with Crippen molar-refractivity contribution in [1.29, 1.82) is 0 Å². The molecule has 0 aliphatic carbocycles. The van der Waals surface area contributed by atoms with Gasteiger partial charge in [-0.1, -0.05) is 0 Å². The molecule has 1 rings (SSSR count). The van der Waals surface area contributed by atoms with E-state index in [2.05, 4.69) is 4.99 Å². The first kappa shape index (κ1) is 7.72. The van der Waals surface area contributed by atoms with E-state index in [0.717, 1.165) is 6.29 Å². The Bertz CT molecular complexity index is 325. The third-order valence-electron chi connectivity index (χ3n) is 1.52. The minimum absolute atomic E-state index is 0.623. The Morgan fingerprint density at radius 3 is 2.82 bits per heavy atom. The Balaban J connectivity index is 3.49. The molecule has 0 bridgehead atoms. The van der Waals surface area contributed by atoms with Crippen LogP contribution in [0, 0.1) is 0 Å². The van der Waals surface area contributed by atoms with Crippen molar-refractivity contribution in [3.8, 4) is 0 Å². The van der Waals surface area contributed by atoms with Gasteiger partial charge in [0.2, 0.25) is 0 Å². The standard InChI is InChI=1S/C8H10N2O/c1-9-8-7(6-11)4-3-5-10(8)2/h3-6H,1-2H3. The molecule has 0 atom stereocenters. The van der Waals surface area contributed by atoms with Gasteiger partial charge in [-0.3, -0.25) is 9.79 Å². The number of aryl methyl sites for hydroxylation is 1. The van der Waals surface area contributed by atoms with Crippen molar-refractivity contribution in [3.05, 3.63) is 29.4 Å². The van der Waals surface area contributed by atoms with Crippen LogP contribution in [0.25, 0.3) is 0 Å². The van der Waals surface area contributed by atoms with Crippen molar-refractivity contribution in [2.75, 3.05) is 7.05 Å². The summed E-state index contributed by atoms with van der Waals surface area (Å²) >= 11 is 0. The van der Waals surface area contributed by atoms with Gasteiger partial charge in [-0.15, -0.1) is 0 Å². The molecule has 0 aliphatic heterocycles. The van der Waals surface area contributed by atoms with Gasteiger partial charge in [-0.25, -0.2) is 0 Å². The van der Waals surface area contributed by atoms with E-state index in [1.165, 1.54) is 0 Å². The van der Waals surface area contributed by atoms with Crippen molar-refractivity contribution >= 4 is 6.29 Å². The average molecular weight is 150 g/mol. The van der Waals surface area contributed by atoms with Crippen molar-refractivity contribution in [2.24, 2.45) is 12.0 Å². The molecule has 0 saturated heterocycles. The van der Waals surface area contributed by atoms with Crippen molar-refractivity contribution in [3.63, 3.8) is 0 Å². The maximum absolute atomic E-state index is 10.5. The maximum atomic E-state index is 10.5. The van der Waals surface area contributed by atoms with Crippen molar-refractivity contribution in [1.82, 2.24) is 4.57 Å². The van der Waals surface area contributed by atoms with E-state index in [1.54, 1.807) is 13.1 Å². The summed E-state index contributed by atoms with van der Waals surface area (Å²) < 4.78 is 1.81. The van der Waals surface area contributed by atoms with E-state index in [4.69, 9.17) is 0 Å². The second-order valence-corrected chi connectivity index (χ2v) is 2.24. The number of aldehydes is 1. The van der Waals surface area contributed by atoms with Crippen LogP contribution in [0.1, 0.15) is 10.4 Å². The van der Waals surface area contributed by atoms with Crippen LogP contribution >= 0.6 is 0 Å². The molecule has 0 fully saturated rings. The minimum atomic E-state index is 0.623. The summed E-state index contributed by atoms with van der Waals surface area (Å²) in [4.78, 5) is 14.4. The summed E-state index contributed by atoms with van der Waals surface area (Å²) in [6.07, 6.45) is 2.66. The molecule has 0 aliphatic rings. The smallest absolute Gasteiger partial charge is 0.153 e. The average Bonchev–Trinajstić information content (AvgIpc) is 2.04. The molecule has 3 nitrogen and oxygen atoms in total. The molecule has 1 heterocycles. The minimum Gasteiger partial charge on any atom is -0.336 e. The molecule has 0 N–H and O–H groups in total. The van der Waals surface area contributed by atoms with Gasteiger partial charge in [-0.05, 0) is 12.1 Å². The number of rotatable bonds is 1. The van der Waals surface area contributed by atoms with Crippen LogP contribution in [0.15, 0.2) is 23.3 Å². The van der Waals surface area contributed by atoms with Crippen LogP contribution in [-0.4, -0.2) is 17.9 Å². The maximum Gasteiger partial charge on any atom is 0.153 e. The van der Waals surface area contributed by atoms with Gasteiger partial charge >= 0.3 is 0 Å². The Morgan fingerprint density at radius 1 is 1.64 bits per heavy atom. The molecular weight excluding hydrogens is 140 g/mol. The highest BCUT2D eigenvalue weighted by Gasteiger charge is 1.93. The number of aromatic nitrogens is 1. The van der Waals surface area contributed by atoms with Gasteiger partial charge in [0.05, 0.1) is 5.56 Å². The monoisotopic (exact) mass is 150 g/mol. The molecule has 0 spiro atoms. The van der Waals surface area contributed by atoms with Gasteiger partial charge in [0.1, 0.15) is 5.49 Å². The number of hydrogen-bond donors (Lipinski definition) is 0. The summed E-state index contributed by atoms with van der Waals surface area (Å²) in [5.41, 5.74) is 1.33. The zero-order valence-corrected chi connectivity index (χ0v) is 6.61. The summed E-state index contributed by atoms with van der Waals surface area (Å²) in [7, 11) is 3.53. The Hall–Kier alpha value is -1.38. The molecule has 0 amide bonds. The lowest BCUT2D eigenvalue weighted by molar-refractivity contribution is 0.112. The number of nitrogens with zero attached hydrogens (tertiary/aromatic N) is 2. The molecular formula is C8H10N2O. The Kier molecular flexibility index (Phi) is 2.21. The van der Waals surface area contributed by atoms with Crippen LogP contribution in [0.3, 0.4) is 0 Å². The highest BCUT2D eigenvalue weighted by atomic mass is 16.1. The van der Waals surface area contributed by atoms with E-state index in [-0.39, 0.29) is 0 Å². The van der Waals surface area contributed by atoms with Gasteiger partial charge in [0, 0.05) is 20.3 Å². The van der Waals surface area contributed by atoms with Gasteiger partial charge in [-0.2, -0.15) is 0 Å². The number of carbonyl (C=O) groups excluding carboxylic acids is 1. The summed E-state index contributed by atoms with van der Waals surface area (Å²) in [5.74, 6) is 0. The Morgan fingerprint density at radius 2 is 2.36 bits per heavy atom. The van der Waals surface area contributed by atoms with Crippen LogP contribution in [-0.2, 0) is 7.05 Å². The lowest BCUT2D eigenvalue weighted by Crippen LogP contribution is -2.21. The van der Waals surface area contributed by atoms with E-state index < -0.39 is 0 Å². The normalized spacial score (nSPS) is 11.6. The van der Waals surface area contributed by atoms with Crippen LogP contribution in [0.2, 0.25) is 0 Å². The molecule has 58 valence electrons. The van der Waals surface area contributed by atoms with Crippen LogP contribution in [0.5, 0.6) is 0 Å². The third-order valence-corrected chi connectivity index (χ3v) is 1.52. The van der Waals surface area contributed by atoms with E-state index in [1.807, 2.05) is 23.9 Å². The number of carbonyl (C=O) groups is 1. The molecule has 0 saturated carbocycles. The first-order valence-corrected chi connectivity index (χ1v) is 3.33. The first-order valence-electron chi connectivity index (χ1n) is 3.33. The molecule has 0 unspecified atom stereocenters. The quantitative estimate of drug-likeness (QED) is 0.532. The second-order valence-electron chi connectivity index (χ2n) is 2.24. The van der Waals surface area contributed by atoms with E-state index in [0.29, 0.717) is 11.1 Å². The van der Waals surface area contributed by atoms with Crippen molar-refractivity contribution < 1.29 is 4.79 Å². The first-order chi connectivity index (χ1) is 5.29. The second kappa shape index (κ2) is 3.14. The summed E-state index contributed by atoms with van der Waals surface area (Å²) in [6.45, 7) is 0. The summed E-state index contributed by atoms with van der Waals surface area (Å²) in [6, 6.07) is 3.56. The largest absolute Gasteiger partial charge is 0.336 e. The molecule has 11 heavy (non-hydrogen) atoms. The molecule has 1 aromatic heterocycles. The van der Waals surface area contributed by atoms with Crippen LogP contribution < -0.4 is 5.49 Å². The zero-order chi connectivity index (χ0) is 8.27. The predicted molar refractivity (Wildman–Crippen MR) is 42.3 cm³/mol. The van der Waals surface area contributed by atoms with Gasteiger partial charge < -0.3 is 4.57 Å². The van der Waals surface area contributed by atoms with E-state index >= 15 is 0 Å². The lowest BCUT2D eigenvalue weighted by Gasteiger charge is -1.99. The lowest BCUT2D eigenvalue weighted by atomic mass is 10.3. The third kappa shape index (κ3) is 1.37. The molecule has 1 aromatic rings. The highest BCUT2D eigenvalue weighted by molar-refractivity contribution is 5.73. The van der Waals surface area contributed by atoms with Gasteiger partial charge in [0.25, 0.3) is 0 Å². The Labute approximate surface area is 65.0 Å². The molecule has 0 radical (unpaired) electrons. The number of pyridine rings is 1. The molecule has 3 heteroatoms. The highest BCUT2D eigenvalue weighted by Crippen LogP contribution is 1.85. The predicted octanol–water partition coefficient (Wildman–Crippen LogP) is 0.368. The molecule has 0 aromatic carbocycles. The van der Waals surface area contributed by atoms with Crippen molar-refractivity contribution in [2.45, 2.75) is 0 Å². The fourth-order valence-electron chi connectivity index (χ4n) is 1.00. The zero-order valence-electron chi connectivity index (χ0n) is 6.61. The van der Waals surface area contributed by atoms with E-state index in [9.17, 15) is 4.79 Å². The number of hydrogen-bond acceptors (Lipinski definition) is 2. The van der Waals surface area contributed by atoms with Crippen LogP contribution in [0.4, 0.5) is 0 Å². The SMILES string of the molecule is CN=c1c(C=O)cccn1C. The fourth-order valence-corrected chi connectivity index (χ4v) is 1.00.